The lowest BCUT2D eigenvalue weighted by Gasteiger charge is -2.47. The minimum absolute atomic E-state index is 0.0111. The SMILES string of the molecule is COC1CCC2(CC1)CC(=O)NC(=O)C2CC(C)C. The highest BCUT2D eigenvalue weighted by molar-refractivity contribution is 5.99. The van der Waals surface area contributed by atoms with Crippen molar-refractivity contribution in [3.8, 4) is 0 Å². The van der Waals surface area contributed by atoms with Crippen molar-refractivity contribution in [1.82, 2.24) is 5.32 Å². The minimum atomic E-state index is -0.112. The number of ether oxygens (including phenoxy) is 1. The third-order valence-corrected chi connectivity index (χ3v) is 4.80. The summed E-state index contributed by atoms with van der Waals surface area (Å²) in [6.45, 7) is 4.27. The van der Waals surface area contributed by atoms with E-state index in [0.717, 1.165) is 32.1 Å². The lowest BCUT2D eigenvalue weighted by molar-refractivity contribution is -0.148. The summed E-state index contributed by atoms with van der Waals surface area (Å²) in [6.07, 6.45) is 5.47. The predicted molar refractivity (Wildman–Crippen MR) is 72.4 cm³/mol. The molecule has 0 aromatic heterocycles. The maximum Gasteiger partial charge on any atom is 0.230 e. The summed E-state index contributed by atoms with van der Waals surface area (Å²) in [5.74, 6) is 0.311. The van der Waals surface area contributed by atoms with E-state index in [0.29, 0.717) is 18.4 Å². The van der Waals surface area contributed by atoms with Crippen molar-refractivity contribution in [2.75, 3.05) is 7.11 Å². The van der Waals surface area contributed by atoms with Crippen LogP contribution >= 0.6 is 0 Å². The highest BCUT2D eigenvalue weighted by atomic mass is 16.5. The summed E-state index contributed by atoms with van der Waals surface area (Å²) in [7, 11) is 1.74. The minimum Gasteiger partial charge on any atom is -0.381 e. The van der Waals surface area contributed by atoms with E-state index >= 15 is 0 Å². The van der Waals surface area contributed by atoms with Gasteiger partial charge in [-0.3, -0.25) is 14.9 Å². The normalized spacial score (nSPS) is 35.8. The van der Waals surface area contributed by atoms with Crippen molar-refractivity contribution in [3.05, 3.63) is 0 Å². The molecule has 2 rings (SSSR count). The van der Waals surface area contributed by atoms with Crippen molar-refractivity contribution >= 4 is 11.8 Å². The van der Waals surface area contributed by atoms with Gasteiger partial charge in [0.1, 0.15) is 0 Å². The van der Waals surface area contributed by atoms with Crippen molar-refractivity contribution in [2.45, 2.75) is 58.5 Å². The summed E-state index contributed by atoms with van der Waals surface area (Å²) >= 11 is 0. The molecule has 0 aromatic carbocycles. The van der Waals surface area contributed by atoms with Gasteiger partial charge in [-0.1, -0.05) is 13.8 Å². The molecule has 0 aromatic rings. The van der Waals surface area contributed by atoms with Gasteiger partial charge in [-0.15, -0.1) is 0 Å². The smallest absolute Gasteiger partial charge is 0.230 e. The van der Waals surface area contributed by atoms with Gasteiger partial charge in [0.25, 0.3) is 0 Å². The summed E-state index contributed by atoms with van der Waals surface area (Å²) in [4.78, 5) is 24.0. The lowest BCUT2D eigenvalue weighted by atomic mass is 9.60. The third-order valence-electron chi connectivity index (χ3n) is 4.80. The van der Waals surface area contributed by atoms with E-state index in [1.165, 1.54) is 0 Å². The first-order valence-corrected chi connectivity index (χ1v) is 7.33. The van der Waals surface area contributed by atoms with Crippen molar-refractivity contribution in [1.29, 1.82) is 0 Å². The number of rotatable bonds is 3. The highest BCUT2D eigenvalue weighted by Crippen LogP contribution is 2.49. The average molecular weight is 267 g/mol. The van der Waals surface area contributed by atoms with Crippen LogP contribution in [0.25, 0.3) is 0 Å². The van der Waals surface area contributed by atoms with Gasteiger partial charge in [-0.2, -0.15) is 0 Å². The molecule has 2 amide bonds. The van der Waals surface area contributed by atoms with Gasteiger partial charge < -0.3 is 4.74 Å². The maximum absolute atomic E-state index is 12.2. The molecule has 4 nitrogen and oxygen atoms in total. The van der Waals surface area contributed by atoms with E-state index < -0.39 is 0 Å². The Morgan fingerprint density at radius 3 is 2.47 bits per heavy atom. The molecule has 1 saturated heterocycles. The molecule has 2 fully saturated rings. The zero-order chi connectivity index (χ0) is 14.0. The van der Waals surface area contributed by atoms with Gasteiger partial charge in [0.05, 0.1) is 6.10 Å². The van der Waals surface area contributed by atoms with Gasteiger partial charge in [-0.25, -0.2) is 0 Å². The molecule has 1 heterocycles. The molecule has 1 unspecified atom stereocenters. The molecule has 4 heteroatoms. The molecule has 1 spiro atoms. The fourth-order valence-electron chi connectivity index (χ4n) is 3.75. The molecule has 1 aliphatic carbocycles. The van der Waals surface area contributed by atoms with E-state index in [1.54, 1.807) is 7.11 Å². The first-order valence-electron chi connectivity index (χ1n) is 7.33. The van der Waals surface area contributed by atoms with Crippen molar-refractivity contribution < 1.29 is 14.3 Å². The number of methoxy groups -OCH3 is 1. The number of carbonyl (C=O) groups excluding carboxylic acids is 2. The summed E-state index contributed by atoms with van der Waals surface area (Å²) in [6, 6.07) is 0. The largest absolute Gasteiger partial charge is 0.381 e. The Bertz CT molecular complexity index is 356. The first-order chi connectivity index (χ1) is 8.97. The van der Waals surface area contributed by atoms with Gasteiger partial charge in [0.2, 0.25) is 11.8 Å². The van der Waals surface area contributed by atoms with Crippen LogP contribution in [0, 0.1) is 17.3 Å². The van der Waals surface area contributed by atoms with Crippen LogP contribution in [0.5, 0.6) is 0 Å². The van der Waals surface area contributed by atoms with Crippen LogP contribution in [0.1, 0.15) is 52.4 Å². The third kappa shape index (κ3) is 2.99. The van der Waals surface area contributed by atoms with Crippen LogP contribution in [0.3, 0.4) is 0 Å². The highest BCUT2D eigenvalue weighted by Gasteiger charge is 2.49. The van der Waals surface area contributed by atoms with Crippen LogP contribution in [0.15, 0.2) is 0 Å². The number of imide groups is 1. The number of amides is 2. The summed E-state index contributed by atoms with van der Waals surface area (Å²) in [5, 5.41) is 2.52. The van der Waals surface area contributed by atoms with E-state index in [-0.39, 0.29) is 23.1 Å². The molecular formula is C15H25NO3. The number of nitrogens with one attached hydrogen (secondary N) is 1. The molecule has 0 radical (unpaired) electrons. The molecule has 108 valence electrons. The molecule has 19 heavy (non-hydrogen) atoms. The second-order valence-electron chi connectivity index (χ2n) is 6.57. The Morgan fingerprint density at radius 1 is 1.32 bits per heavy atom. The number of carbonyl (C=O) groups is 2. The van der Waals surface area contributed by atoms with Gasteiger partial charge in [-0.05, 0) is 43.4 Å². The fraction of sp³-hybridized carbons (Fsp3) is 0.867. The Kier molecular flexibility index (Phi) is 4.29. The van der Waals surface area contributed by atoms with Crippen LogP contribution in [-0.2, 0) is 14.3 Å². The van der Waals surface area contributed by atoms with Crippen LogP contribution in [0.2, 0.25) is 0 Å². The lowest BCUT2D eigenvalue weighted by Crippen LogP contribution is -2.54. The summed E-state index contributed by atoms with van der Waals surface area (Å²) in [5.41, 5.74) is -0.112. The molecule has 1 saturated carbocycles. The number of piperidine rings is 1. The zero-order valence-electron chi connectivity index (χ0n) is 12.2. The predicted octanol–water partition coefficient (Wildman–Crippen LogP) is 2.27. The van der Waals surface area contributed by atoms with Gasteiger partial charge in [0.15, 0.2) is 0 Å². The summed E-state index contributed by atoms with van der Waals surface area (Å²) < 4.78 is 5.41. The van der Waals surface area contributed by atoms with Gasteiger partial charge >= 0.3 is 0 Å². The second-order valence-corrected chi connectivity index (χ2v) is 6.57. The number of hydrogen-bond donors (Lipinski definition) is 1. The van der Waals surface area contributed by atoms with E-state index in [4.69, 9.17) is 4.74 Å². The zero-order valence-corrected chi connectivity index (χ0v) is 12.2. The molecule has 0 bridgehead atoms. The van der Waals surface area contributed by atoms with Crippen molar-refractivity contribution in [3.63, 3.8) is 0 Å². The average Bonchev–Trinajstić information content (AvgIpc) is 2.35. The molecule has 1 N–H and O–H groups in total. The Balaban J connectivity index is 2.17. The molecule has 1 aliphatic heterocycles. The Hall–Kier alpha value is -0.900. The van der Waals surface area contributed by atoms with Crippen LogP contribution in [-0.4, -0.2) is 25.0 Å². The van der Waals surface area contributed by atoms with E-state index in [1.807, 2.05) is 0 Å². The van der Waals surface area contributed by atoms with E-state index in [2.05, 4.69) is 19.2 Å². The quantitative estimate of drug-likeness (QED) is 0.798. The number of hydrogen-bond acceptors (Lipinski definition) is 3. The fourth-order valence-corrected chi connectivity index (χ4v) is 3.75. The van der Waals surface area contributed by atoms with E-state index in [9.17, 15) is 9.59 Å². The Morgan fingerprint density at radius 2 is 1.95 bits per heavy atom. The topological polar surface area (TPSA) is 55.4 Å². The molecule has 1 atom stereocenters. The first kappa shape index (κ1) is 14.5. The van der Waals surface area contributed by atoms with Crippen LogP contribution in [0.4, 0.5) is 0 Å². The van der Waals surface area contributed by atoms with Crippen LogP contribution < -0.4 is 5.32 Å². The van der Waals surface area contributed by atoms with Gasteiger partial charge in [0, 0.05) is 19.4 Å². The second kappa shape index (κ2) is 5.61. The standard InChI is InChI=1S/C15H25NO3/c1-10(2)8-12-14(18)16-13(17)9-15(12)6-4-11(19-3)5-7-15/h10-12H,4-9H2,1-3H3,(H,16,17,18). The molecule has 2 aliphatic rings. The maximum atomic E-state index is 12.2. The molecular weight excluding hydrogens is 242 g/mol. The Labute approximate surface area is 115 Å². The monoisotopic (exact) mass is 267 g/mol. The van der Waals surface area contributed by atoms with Crippen molar-refractivity contribution in [2.24, 2.45) is 17.3 Å².